The molecule has 0 bridgehead atoms. The first kappa shape index (κ1) is 10.7. The molecule has 0 aromatic carbocycles. The Bertz CT molecular complexity index is 315. The number of nitrogens with two attached hydrogens (primary N) is 1. The van der Waals surface area contributed by atoms with Gasteiger partial charge in [0, 0.05) is 5.56 Å². The molecule has 1 rings (SSSR count). The lowest BCUT2D eigenvalue weighted by Crippen LogP contribution is -2.37. The third kappa shape index (κ3) is 2.31. The van der Waals surface area contributed by atoms with E-state index < -0.39 is 5.54 Å². The van der Waals surface area contributed by atoms with Crippen LogP contribution in [0.25, 0.3) is 0 Å². The zero-order valence-corrected chi connectivity index (χ0v) is 8.60. The molecule has 1 aromatic rings. The molecule has 0 aliphatic carbocycles. The lowest BCUT2D eigenvalue weighted by Gasteiger charge is -2.22. The monoisotopic (exact) mass is 220 g/mol. The average molecular weight is 221 g/mol. The Labute approximate surface area is 86.5 Å². The standard InChI is InChI=1S/C8H10Cl2N2O/c1-8(11,4-13)5-2-3-6(9)12-7(5)10/h2-3,13H,4,11H2,1H3. The molecule has 1 heterocycles. The summed E-state index contributed by atoms with van der Waals surface area (Å²) in [5, 5.41) is 9.53. The molecule has 72 valence electrons. The lowest BCUT2D eigenvalue weighted by molar-refractivity contribution is 0.210. The molecule has 3 nitrogen and oxygen atoms in total. The normalized spacial score (nSPS) is 15.5. The molecule has 0 saturated carbocycles. The second-order valence-electron chi connectivity index (χ2n) is 3.05. The van der Waals surface area contributed by atoms with Gasteiger partial charge in [0.15, 0.2) is 0 Å². The van der Waals surface area contributed by atoms with Gasteiger partial charge in [-0.05, 0) is 13.0 Å². The van der Waals surface area contributed by atoms with Crippen LogP contribution in [-0.2, 0) is 5.54 Å². The van der Waals surface area contributed by atoms with E-state index in [-0.39, 0.29) is 11.8 Å². The zero-order valence-electron chi connectivity index (χ0n) is 7.09. The van der Waals surface area contributed by atoms with Gasteiger partial charge < -0.3 is 10.8 Å². The van der Waals surface area contributed by atoms with Crippen LogP contribution >= 0.6 is 23.2 Å². The second-order valence-corrected chi connectivity index (χ2v) is 3.79. The Kier molecular flexibility index (Phi) is 3.14. The van der Waals surface area contributed by atoms with Crippen LogP contribution in [0.15, 0.2) is 12.1 Å². The Hall–Kier alpha value is -0.350. The number of hydrogen-bond acceptors (Lipinski definition) is 3. The minimum atomic E-state index is -0.880. The maximum atomic E-state index is 9.00. The van der Waals surface area contributed by atoms with Gasteiger partial charge in [-0.15, -0.1) is 0 Å². The first-order valence-corrected chi connectivity index (χ1v) is 4.45. The van der Waals surface area contributed by atoms with Crippen molar-refractivity contribution in [1.82, 2.24) is 4.98 Å². The highest BCUT2D eigenvalue weighted by atomic mass is 35.5. The molecule has 0 spiro atoms. The molecule has 0 fully saturated rings. The maximum Gasteiger partial charge on any atom is 0.135 e. The van der Waals surface area contributed by atoms with Gasteiger partial charge in [0.1, 0.15) is 10.3 Å². The van der Waals surface area contributed by atoms with Crippen molar-refractivity contribution in [2.45, 2.75) is 12.5 Å². The second kappa shape index (κ2) is 3.80. The highest BCUT2D eigenvalue weighted by molar-refractivity contribution is 6.32. The van der Waals surface area contributed by atoms with Gasteiger partial charge in [-0.25, -0.2) is 4.98 Å². The molecular weight excluding hydrogens is 211 g/mol. The van der Waals surface area contributed by atoms with Crippen LogP contribution in [0.3, 0.4) is 0 Å². The predicted octanol–water partition coefficient (Wildman–Crippen LogP) is 1.55. The molecule has 1 atom stereocenters. The summed E-state index contributed by atoms with van der Waals surface area (Å²) >= 11 is 11.4. The number of rotatable bonds is 2. The van der Waals surface area contributed by atoms with E-state index in [1.54, 1.807) is 19.1 Å². The van der Waals surface area contributed by atoms with Crippen LogP contribution in [0.5, 0.6) is 0 Å². The minimum Gasteiger partial charge on any atom is -0.394 e. The highest BCUT2D eigenvalue weighted by Gasteiger charge is 2.23. The number of hydrogen-bond donors (Lipinski definition) is 2. The summed E-state index contributed by atoms with van der Waals surface area (Å²) in [6.07, 6.45) is 0. The number of pyridine rings is 1. The largest absolute Gasteiger partial charge is 0.394 e. The van der Waals surface area contributed by atoms with Crippen LogP contribution in [-0.4, -0.2) is 16.7 Å². The molecule has 0 amide bonds. The van der Waals surface area contributed by atoms with E-state index in [0.29, 0.717) is 10.7 Å². The van der Waals surface area contributed by atoms with Crippen molar-refractivity contribution in [3.63, 3.8) is 0 Å². The average Bonchev–Trinajstić information content (AvgIpc) is 2.03. The van der Waals surface area contributed by atoms with E-state index in [1.807, 2.05) is 0 Å². The van der Waals surface area contributed by atoms with Crippen molar-refractivity contribution in [2.24, 2.45) is 5.73 Å². The number of aromatic nitrogens is 1. The Morgan fingerprint density at radius 2 is 2.15 bits per heavy atom. The van der Waals surface area contributed by atoms with E-state index >= 15 is 0 Å². The molecular formula is C8H10Cl2N2O. The zero-order chi connectivity index (χ0) is 10.1. The molecule has 0 saturated heterocycles. The van der Waals surface area contributed by atoms with Crippen molar-refractivity contribution in [2.75, 3.05) is 6.61 Å². The molecule has 13 heavy (non-hydrogen) atoms. The fourth-order valence-electron chi connectivity index (χ4n) is 0.923. The summed E-state index contributed by atoms with van der Waals surface area (Å²) in [7, 11) is 0. The van der Waals surface area contributed by atoms with Gasteiger partial charge in [0.05, 0.1) is 12.1 Å². The van der Waals surface area contributed by atoms with Gasteiger partial charge in [-0.1, -0.05) is 29.3 Å². The fraction of sp³-hybridized carbons (Fsp3) is 0.375. The van der Waals surface area contributed by atoms with Gasteiger partial charge in [0.25, 0.3) is 0 Å². The van der Waals surface area contributed by atoms with E-state index in [1.165, 1.54) is 0 Å². The van der Waals surface area contributed by atoms with Gasteiger partial charge in [-0.2, -0.15) is 0 Å². The maximum absolute atomic E-state index is 9.00. The third-order valence-electron chi connectivity index (χ3n) is 1.76. The lowest BCUT2D eigenvalue weighted by atomic mass is 9.96. The van der Waals surface area contributed by atoms with E-state index in [9.17, 15) is 0 Å². The van der Waals surface area contributed by atoms with Crippen LogP contribution in [0.2, 0.25) is 10.3 Å². The molecule has 1 unspecified atom stereocenters. The van der Waals surface area contributed by atoms with Crippen LogP contribution in [0, 0.1) is 0 Å². The third-order valence-corrected chi connectivity index (χ3v) is 2.26. The Balaban J connectivity index is 3.16. The Morgan fingerprint density at radius 1 is 1.54 bits per heavy atom. The van der Waals surface area contributed by atoms with Gasteiger partial charge in [0.2, 0.25) is 0 Å². The summed E-state index contributed by atoms with van der Waals surface area (Å²) < 4.78 is 0. The van der Waals surface area contributed by atoms with Crippen molar-refractivity contribution >= 4 is 23.2 Å². The SMILES string of the molecule is CC(N)(CO)c1ccc(Cl)nc1Cl. The molecule has 3 N–H and O–H groups in total. The highest BCUT2D eigenvalue weighted by Crippen LogP contribution is 2.25. The number of aliphatic hydroxyl groups excluding tert-OH is 1. The predicted molar refractivity (Wildman–Crippen MR) is 52.9 cm³/mol. The van der Waals surface area contributed by atoms with Crippen molar-refractivity contribution in [3.05, 3.63) is 28.0 Å². The minimum absolute atomic E-state index is 0.198. The molecule has 0 aliphatic heterocycles. The van der Waals surface area contributed by atoms with Crippen molar-refractivity contribution < 1.29 is 5.11 Å². The summed E-state index contributed by atoms with van der Waals surface area (Å²) in [5.74, 6) is 0. The van der Waals surface area contributed by atoms with Crippen LogP contribution in [0.4, 0.5) is 0 Å². The summed E-state index contributed by atoms with van der Waals surface area (Å²) in [4.78, 5) is 3.83. The molecule has 1 aromatic heterocycles. The summed E-state index contributed by atoms with van der Waals surface area (Å²) in [6, 6.07) is 3.25. The van der Waals surface area contributed by atoms with Crippen molar-refractivity contribution in [3.8, 4) is 0 Å². The molecule has 0 aliphatic rings. The topological polar surface area (TPSA) is 59.1 Å². The van der Waals surface area contributed by atoms with Crippen LogP contribution < -0.4 is 5.73 Å². The van der Waals surface area contributed by atoms with Gasteiger partial charge in [-0.3, -0.25) is 0 Å². The fourth-order valence-corrected chi connectivity index (χ4v) is 1.48. The summed E-state index contributed by atoms with van der Waals surface area (Å²) in [6.45, 7) is 1.47. The first-order chi connectivity index (χ1) is 5.97. The number of halogens is 2. The van der Waals surface area contributed by atoms with E-state index in [2.05, 4.69) is 4.98 Å². The first-order valence-electron chi connectivity index (χ1n) is 3.69. The number of nitrogens with zero attached hydrogens (tertiary/aromatic N) is 1. The smallest absolute Gasteiger partial charge is 0.135 e. The van der Waals surface area contributed by atoms with Crippen molar-refractivity contribution in [1.29, 1.82) is 0 Å². The Morgan fingerprint density at radius 3 is 2.62 bits per heavy atom. The quantitative estimate of drug-likeness (QED) is 0.745. The van der Waals surface area contributed by atoms with E-state index in [0.717, 1.165) is 0 Å². The van der Waals surface area contributed by atoms with Gasteiger partial charge >= 0.3 is 0 Å². The van der Waals surface area contributed by atoms with E-state index in [4.69, 9.17) is 34.0 Å². The van der Waals surface area contributed by atoms with Crippen LogP contribution in [0.1, 0.15) is 12.5 Å². The summed E-state index contributed by atoms with van der Waals surface area (Å²) in [5.41, 5.74) is 5.47. The molecule has 5 heteroatoms. The molecule has 0 radical (unpaired) electrons. The number of aliphatic hydroxyl groups is 1.